The van der Waals surface area contributed by atoms with Gasteiger partial charge < -0.3 is 10.2 Å². The molecule has 7 heteroatoms. The van der Waals surface area contributed by atoms with Crippen LogP contribution in [0.3, 0.4) is 0 Å². The Morgan fingerprint density at radius 1 is 1.35 bits per heavy atom. The van der Waals surface area contributed by atoms with Crippen LogP contribution in [-0.2, 0) is 0 Å². The predicted molar refractivity (Wildman–Crippen MR) is 104 cm³/mol. The summed E-state index contributed by atoms with van der Waals surface area (Å²) < 4.78 is 0. The second kappa shape index (κ2) is 8.59. The van der Waals surface area contributed by atoms with Gasteiger partial charge in [0.25, 0.3) is 0 Å². The minimum absolute atomic E-state index is 0.462. The van der Waals surface area contributed by atoms with E-state index in [1.807, 2.05) is 37.4 Å². The van der Waals surface area contributed by atoms with E-state index in [0.717, 1.165) is 34.3 Å². The van der Waals surface area contributed by atoms with E-state index in [2.05, 4.69) is 39.6 Å². The molecule has 0 saturated carbocycles. The Balaban J connectivity index is 1.89. The van der Waals surface area contributed by atoms with Crippen LogP contribution in [0.1, 0.15) is 24.3 Å². The Kier molecular flexibility index (Phi) is 6.49. The number of aryl methyl sites for hydroxylation is 1. The highest BCUT2D eigenvalue weighted by Gasteiger charge is 2.06. The average Bonchev–Trinajstić information content (AvgIpc) is 2.99. The third-order valence-corrected chi connectivity index (χ3v) is 4.48. The molecule has 2 N–H and O–H groups in total. The number of anilines is 2. The van der Waals surface area contributed by atoms with Crippen LogP contribution in [0.4, 0.5) is 10.8 Å². The van der Waals surface area contributed by atoms with Gasteiger partial charge in [-0.05, 0) is 44.6 Å². The maximum absolute atomic E-state index is 5.24. The average molecular weight is 348 g/mol. The van der Waals surface area contributed by atoms with Gasteiger partial charge in [0, 0.05) is 25.0 Å². The maximum atomic E-state index is 5.24. The Bertz CT molecular complexity index is 677. The van der Waals surface area contributed by atoms with Gasteiger partial charge in [-0.15, -0.1) is 0 Å². The first kappa shape index (κ1) is 17.4. The maximum Gasteiger partial charge on any atom is 0.191 e. The summed E-state index contributed by atoms with van der Waals surface area (Å²) in [5, 5.41) is 8.76. The molecule has 5 nitrogen and oxygen atoms in total. The molecule has 0 aliphatic heterocycles. The molecule has 122 valence electrons. The van der Waals surface area contributed by atoms with E-state index in [1.54, 1.807) is 17.6 Å². The number of thiazole rings is 1. The largest absolute Gasteiger partial charge is 0.349 e. The molecule has 23 heavy (non-hydrogen) atoms. The number of thiocarbonyl (C=S) groups is 1. The van der Waals surface area contributed by atoms with E-state index < -0.39 is 0 Å². The summed E-state index contributed by atoms with van der Waals surface area (Å²) in [4.78, 5) is 7.60. The summed E-state index contributed by atoms with van der Waals surface area (Å²) in [5.41, 5.74) is 4.93. The van der Waals surface area contributed by atoms with Crippen molar-refractivity contribution in [2.45, 2.75) is 20.8 Å². The number of nitrogens with one attached hydrogen (secondary N) is 2. The molecule has 0 atom stereocenters. The highest BCUT2D eigenvalue weighted by atomic mass is 32.1. The van der Waals surface area contributed by atoms with Crippen LogP contribution in [0.25, 0.3) is 0 Å². The Labute approximate surface area is 146 Å². The van der Waals surface area contributed by atoms with Crippen LogP contribution in [0, 0.1) is 6.92 Å². The fourth-order valence-corrected chi connectivity index (χ4v) is 3.07. The van der Waals surface area contributed by atoms with Crippen molar-refractivity contribution in [3.63, 3.8) is 0 Å². The van der Waals surface area contributed by atoms with Crippen molar-refractivity contribution in [3.8, 4) is 0 Å². The number of rotatable bonds is 6. The summed E-state index contributed by atoms with van der Waals surface area (Å²) in [5.74, 6) is 0. The van der Waals surface area contributed by atoms with Crippen molar-refractivity contribution in [3.05, 3.63) is 40.9 Å². The molecule has 0 spiro atoms. The molecule has 1 aromatic heterocycles. The van der Waals surface area contributed by atoms with Crippen LogP contribution >= 0.6 is 23.6 Å². The molecule has 0 radical (unpaired) electrons. The molecular formula is C16H21N5S2. The van der Waals surface area contributed by atoms with E-state index in [9.17, 15) is 0 Å². The number of hydrazone groups is 1. The zero-order valence-electron chi connectivity index (χ0n) is 13.5. The predicted octanol–water partition coefficient (Wildman–Crippen LogP) is 3.62. The SMILES string of the molecule is CCN(CC)c1ncc(/C=N\NC(=S)Nc2ccccc2C)s1. The highest BCUT2D eigenvalue weighted by Crippen LogP contribution is 2.20. The summed E-state index contributed by atoms with van der Waals surface area (Å²) in [6.07, 6.45) is 3.55. The molecule has 1 heterocycles. The van der Waals surface area contributed by atoms with Crippen LogP contribution in [0.5, 0.6) is 0 Å². The van der Waals surface area contributed by atoms with E-state index in [0.29, 0.717) is 5.11 Å². The Morgan fingerprint density at radius 2 is 2.09 bits per heavy atom. The zero-order chi connectivity index (χ0) is 16.7. The number of nitrogens with zero attached hydrogens (tertiary/aromatic N) is 3. The topological polar surface area (TPSA) is 52.6 Å². The molecule has 0 aliphatic rings. The van der Waals surface area contributed by atoms with Crippen molar-refractivity contribution in [2.75, 3.05) is 23.3 Å². The number of para-hydroxylation sites is 1. The van der Waals surface area contributed by atoms with Gasteiger partial charge in [0.15, 0.2) is 10.2 Å². The molecule has 2 rings (SSSR count). The normalized spacial score (nSPS) is 10.7. The molecule has 0 aliphatic carbocycles. The molecule has 0 amide bonds. The summed E-state index contributed by atoms with van der Waals surface area (Å²) in [6.45, 7) is 8.17. The molecule has 2 aromatic rings. The lowest BCUT2D eigenvalue weighted by molar-refractivity contribution is 0.860. The molecule has 1 aromatic carbocycles. The second-order valence-corrected chi connectivity index (χ2v) is 6.31. The highest BCUT2D eigenvalue weighted by molar-refractivity contribution is 7.80. The van der Waals surface area contributed by atoms with E-state index in [1.165, 1.54) is 0 Å². The lowest BCUT2D eigenvalue weighted by atomic mass is 10.2. The van der Waals surface area contributed by atoms with Gasteiger partial charge in [0.2, 0.25) is 0 Å². The Morgan fingerprint density at radius 3 is 2.78 bits per heavy atom. The van der Waals surface area contributed by atoms with Crippen LogP contribution in [-0.4, -0.2) is 29.4 Å². The van der Waals surface area contributed by atoms with Crippen LogP contribution in [0.2, 0.25) is 0 Å². The van der Waals surface area contributed by atoms with Crippen LogP contribution in [0.15, 0.2) is 35.6 Å². The fourth-order valence-electron chi connectivity index (χ4n) is 1.99. The van der Waals surface area contributed by atoms with Gasteiger partial charge in [-0.3, -0.25) is 5.43 Å². The lowest BCUT2D eigenvalue weighted by Crippen LogP contribution is -2.24. The molecular weight excluding hydrogens is 326 g/mol. The van der Waals surface area contributed by atoms with Crippen molar-refractivity contribution in [1.29, 1.82) is 0 Å². The quantitative estimate of drug-likeness (QED) is 0.475. The number of hydrogen-bond acceptors (Lipinski definition) is 5. The minimum Gasteiger partial charge on any atom is -0.349 e. The van der Waals surface area contributed by atoms with Crippen molar-refractivity contribution in [2.24, 2.45) is 5.10 Å². The van der Waals surface area contributed by atoms with E-state index in [-0.39, 0.29) is 0 Å². The van der Waals surface area contributed by atoms with Crippen molar-refractivity contribution in [1.82, 2.24) is 10.4 Å². The standard InChI is InChI=1S/C16H21N5S2/c1-4-21(5-2)16-17-10-13(23-16)11-18-20-15(22)19-14-9-7-6-8-12(14)3/h6-11H,4-5H2,1-3H3,(H2,19,20,22)/b18-11-. The van der Waals surface area contributed by atoms with Gasteiger partial charge in [-0.2, -0.15) is 5.10 Å². The summed E-state index contributed by atoms with van der Waals surface area (Å²) in [6, 6.07) is 7.96. The van der Waals surface area contributed by atoms with Gasteiger partial charge >= 0.3 is 0 Å². The third-order valence-electron chi connectivity index (χ3n) is 3.30. The smallest absolute Gasteiger partial charge is 0.191 e. The third kappa shape index (κ3) is 5.01. The minimum atomic E-state index is 0.462. The summed E-state index contributed by atoms with van der Waals surface area (Å²) >= 11 is 6.85. The van der Waals surface area contributed by atoms with Crippen molar-refractivity contribution >= 4 is 45.7 Å². The van der Waals surface area contributed by atoms with Gasteiger partial charge in [0.1, 0.15) is 0 Å². The van der Waals surface area contributed by atoms with E-state index >= 15 is 0 Å². The van der Waals surface area contributed by atoms with Crippen LogP contribution < -0.4 is 15.6 Å². The zero-order valence-corrected chi connectivity index (χ0v) is 15.2. The summed E-state index contributed by atoms with van der Waals surface area (Å²) in [7, 11) is 0. The first-order valence-electron chi connectivity index (χ1n) is 7.50. The van der Waals surface area contributed by atoms with Gasteiger partial charge in [-0.1, -0.05) is 29.5 Å². The molecule has 0 bridgehead atoms. The number of benzene rings is 1. The first-order valence-corrected chi connectivity index (χ1v) is 8.73. The molecule has 0 saturated heterocycles. The van der Waals surface area contributed by atoms with Crippen molar-refractivity contribution < 1.29 is 0 Å². The monoisotopic (exact) mass is 347 g/mol. The van der Waals surface area contributed by atoms with E-state index in [4.69, 9.17) is 12.2 Å². The lowest BCUT2D eigenvalue weighted by Gasteiger charge is -2.16. The van der Waals surface area contributed by atoms with Gasteiger partial charge in [0.05, 0.1) is 11.1 Å². The number of hydrogen-bond donors (Lipinski definition) is 2. The van der Waals surface area contributed by atoms with Gasteiger partial charge in [-0.25, -0.2) is 4.98 Å². The molecule has 0 fully saturated rings. The Hall–Kier alpha value is -1.99. The first-order chi connectivity index (χ1) is 11.1. The number of aromatic nitrogens is 1. The second-order valence-electron chi connectivity index (χ2n) is 4.86. The molecule has 0 unspecified atom stereocenters. The fraction of sp³-hybridized carbons (Fsp3) is 0.312.